The highest BCUT2D eigenvalue weighted by molar-refractivity contribution is 5.97. The second-order valence-electron chi connectivity index (χ2n) is 7.20. The Morgan fingerprint density at radius 3 is 2.67 bits per heavy atom. The van der Waals surface area contributed by atoms with Crippen molar-refractivity contribution in [3.63, 3.8) is 0 Å². The summed E-state index contributed by atoms with van der Waals surface area (Å²) in [5.41, 5.74) is 5.22. The molecule has 2 aromatic carbocycles. The van der Waals surface area contributed by atoms with E-state index < -0.39 is 0 Å². The number of ether oxygens (including phenoxy) is 1. The number of amides is 1. The first kappa shape index (κ1) is 19.6. The highest BCUT2D eigenvalue weighted by Gasteiger charge is 2.19. The fourth-order valence-electron chi connectivity index (χ4n) is 3.51. The third-order valence-electron chi connectivity index (χ3n) is 5.22. The normalized spacial score (nSPS) is 12.0. The van der Waals surface area contributed by atoms with Crippen LogP contribution < -0.4 is 10.1 Å². The monoisotopic (exact) mass is 400 g/mol. The molecule has 0 saturated carbocycles. The van der Waals surface area contributed by atoms with Gasteiger partial charge in [-0.2, -0.15) is 0 Å². The summed E-state index contributed by atoms with van der Waals surface area (Å²) in [5, 5.41) is 7.47. The first-order valence-corrected chi connectivity index (χ1v) is 9.96. The van der Waals surface area contributed by atoms with E-state index in [2.05, 4.69) is 15.4 Å². The van der Waals surface area contributed by atoms with Gasteiger partial charge in [0, 0.05) is 17.3 Å². The summed E-state index contributed by atoms with van der Waals surface area (Å²) in [4.78, 5) is 17.6. The van der Waals surface area contributed by atoms with E-state index in [1.54, 1.807) is 17.7 Å². The molecule has 1 N–H and O–H groups in total. The number of anilines is 1. The molecular formula is C24H24N4O2. The molecule has 152 valence electrons. The smallest absolute Gasteiger partial charge is 0.231 e. The second-order valence-corrected chi connectivity index (χ2v) is 7.20. The molecule has 0 aliphatic carbocycles. The van der Waals surface area contributed by atoms with E-state index in [0.717, 1.165) is 40.1 Å². The molecular weight excluding hydrogens is 376 g/mol. The summed E-state index contributed by atoms with van der Waals surface area (Å²) in [6.45, 7) is 4.01. The zero-order valence-corrected chi connectivity index (χ0v) is 17.3. The minimum absolute atomic E-state index is 0.00893. The Labute approximate surface area is 175 Å². The van der Waals surface area contributed by atoms with Crippen LogP contribution in [0.1, 0.15) is 30.4 Å². The predicted molar refractivity (Wildman–Crippen MR) is 118 cm³/mol. The van der Waals surface area contributed by atoms with Crippen molar-refractivity contribution in [2.45, 2.75) is 26.2 Å². The maximum absolute atomic E-state index is 13.0. The molecule has 0 spiro atoms. The van der Waals surface area contributed by atoms with Gasteiger partial charge in [-0.05, 0) is 36.6 Å². The molecule has 0 saturated heterocycles. The Hall–Kier alpha value is -3.67. The number of fused-ring (bicyclic) bond motifs is 1. The van der Waals surface area contributed by atoms with Gasteiger partial charge in [0.05, 0.1) is 24.9 Å². The van der Waals surface area contributed by atoms with Gasteiger partial charge in [0.1, 0.15) is 0 Å². The average Bonchev–Trinajstić information content (AvgIpc) is 3.20. The third kappa shape index (κ3) is 3.89. The first-order chi connectivity index (χ1) is 14.6. The lowest BCUT2D eigenvalue weighted by molar-refractivity contribution is -0.117. The van der Waals surface area contributed by atoms with Crippen LogP contribution in [0.15, 0.2) is 66.9 Å². The van der Waals surface area contributed by atoms with Gasteiger partial charge < -0.3 is 10.1 Å². The molecule has 1 amide bonds. The van der Waals surface area contributed by atoms with Gasteiger partial charge in [0.2, 0.25) is 11.8 Å². The summed E-state index contributed by atoms with van der Waals surface area (Å²) in [6, 6.07) is 19.5. The highest BCUT2D eigenvalue weighted by atomic mass is 16.5. The Bertz CT molecular complexity index is 1180. The molecule has 0 radical (unpaired) electrons. The van der Waals surface area contributed by atoms with E-state index in [-0.39, 0.29) is 11.8 Å². The maximum atomic E-state index is 13.0. The van der Waals surface area contributed by atoms with Crippen LogP contribution in [0.3, 0.4) is 0 Å². The Balaban J connectivity index is 1.62. The van der Waals surface area contributed by atoms with Crippen LogP contribution in [0.25, 0.3) is 16.9 Å². The van der Waals surface area contributed by atoms with Gasteiger partial charge in [0.15, 0.2) is 5.65 Å². The molecule has 30 heavy (non-hydrogen) atoms. The fourth-order valence-corrected chi connectivity index (χ4v) is 3.51. The van der Waals surface area contributed by atoms with Gasteiger partial charge >= 0.3 is 0 Å². The number of nitrogens with zero attached hydrogens (tertiary/aromatic N) is 3. The summed E-state index contributed by atoms with van der Waals surface area (Å²) in [5.74, 6) is 0.321. The molecule has 6 heteroatoms. The number of hydrogen-bond donors (Lipinski definition) is 1. The SMILES string of the molecule is CC[C@H](C(=O)Nc1cc(-c2cn3nc(OC)ccc3n2)ccc1C)c1ccccc1. The van der Waals surface area contributed by atoms with Crippen LogP contribution in [0.5, 0.6) is 5.88 Å². The summed E-state index contributed by atoms with van der Waals surface area (Å²) in [7, 11) is 1.58. The van der Waals surface area contributed by atoms with Crippen molar-refractivity contribution in [1.29, 1.82) is 0 Å². The zero-order valence-electron chi connectivity index (χ0n) is 17.3. The Morgan fingerprint density at radius 2 is 1.93 bits per heavy atom. The van der Waals surface area contributed by atoms with Crippen LogP contribution in [-0.2, 0) is 4.79 Å². The Kier molecular flexibility index (Phi) is 5.48. The Morgan fingerprint density at radius 1 is 1.13 bits per heavy atom. The molecule has 1 atom stereocenters. The predicted octanol–water partition coefficient (Wildman–Crippen LogP) is 4.85. The molecule has 4 aromatic rings. The minimum Gasteiger partial charge on any atom is -0.480 e. The van der Waals surface area contributed by atoms with Crippen LogP contribution in [-0.4, -0.2) is 27.6 Å². The summed E-state index contributed by atoms with van der Waals surface area (Å²) < 4.78 is 6.87. The van der Waals surface area contributed by atoms with E-state index in [1.165, 1.54) is 0 Å². The lowest BCUT2D eigenvalue weighted by Crippen LogP contribution is -2.21. The number of carbonyl (C=O) groups excluding carboxylic acids is 1. The van der Waals surface area contributed by atoms with Gasteiger partial charge in [-0.25, -0.2) is 9.50 Å². The van der Waals surface area contributed by atoms with E-state index in [9.17, 15) is 4.79 Å². The lowest BCUT2D eigenvalue weighted by atomic mass is 9.95. The van der Waals surface area contributed by atoms with Crippen molar-refractivity contribution in [2.24, 2.45) is 0 Å². The quantitative estimate of drug-likeness (QED) is 0.503. The topological polar surface area (TPSA) is 68.5 Å². The molecule has 0 fully saturated rings. The van der Waals surface area contributed by atoms with Crippen molar-refractivity contribution in [1.82, 2.24) is 14.6 Å². The van der Waals surface area contributed by atoms with Crippen molar-refractivity contribution >= 4 is 17.2 Å². The number of aromatic nitrogens is 3. The van der Waals surface area contributed by atoms with Crippen molar-refractivity contribution in [2.75, 3.05) is 12.4 Å². The van der Waals surface area contributed by atoms with Gasteiger partial charge in [-0.15, -0.1) is 5.10 Å². The second kappa shape index (κ2) is 8.37. The minimum atomic E-state index is -0.193. The molecule has 4 rings (SSSR count). The molecule has 2 aromatic heterocycles. The lowest BCUT2D eigenvalue weighted by Gasteiger charge is -2.17. The van der Waals surface area contributed by atoms with E-state index in [4.69, 9.17) is 4.74 Å². The van der Waals surface area contributed by atoms with Crippen LogP contribution in [0.4, 0.5) is 5.69 Å². The standard InChI is InChI=1S/C24H24N4O2/c1-4-19(17-8-6-5-7-9-17)24(29)26-20-14-18(11-10-16(20)2)21-15-28-22(25-21)12-13-23(27-28)30-3/h5-15,19H,4H2,1-3H3,(H,26,29)/t19-/m0/s1. The van der Waals surface area contributed by atoms with E-state index in [1.807, 2.05) is 74.6 Å². The number of benzene rings is 2. The van der Waals surface area contributed by atoms with Crippen molar-refractivity contribution in [3.8, 4) is 17.1 Å². The number of nitrogens with one attached hydrogen (secondary N) is 1. The average molecular weight is 400 g/mol. The van der Waals surface area contributed by atoms with Crippen molar-refractivity contribution in [3.05, 3.63) is 78.0 Å². The van der Waals surface area contributed by atoms with Crippen LogP contribution in [0.2, 0.25) is 0 Å². The first-order valence-electron chi connectivity index (χ1n) is 9.96. The zero-order chi connectivity index (χ0) is 21.1. The largest absolute Gasteiger partial charge is 0.480 e. The third-order valence-corrected chi connectivity index (χ3v) is 5.22. The maximum Gasteiger partial charge on any atom is 0.231 e. The molecule has 0 aliphatic heterocycles. The number of hydrogen-bond acceptors (Lipinski definition) is 4. The van der Waals surface area contributed by atoms with Crippen molar-refractivity contribution < 1.29 is 9.53 Å². The van der Waals surface area contributed by atoms with Crippen LogP contribution >= 0.6 is 0 Å². The van der Waals surface area contributed by atoms with Crippen LogP contribution in [0, 0.1) is 6.92 Å². The summed E-state index contributed by atoms with van der Waals surface area (Å²) in [6.07, 6.45) is 2.58. The molecule has 0 aliphatic rings. The number of aryl methyl sites for hydroxylation is 1. The van der Waals surface area contributed by atoms with Gasteiger partial charge in [-0.1, -0.05) is 49.4 Å². The van der Waals surface area contributed by atoms with Gasteiger partial charge in [0.25, 0.3) is 0 Å². The molecule has 6 nitrogen and oxygen atoms in total. The number of imidazole rings is 1. The number of rotatable bonds is 6. The molecule has 0 unspecified atom stereocenters. The molecule has 0 bridgehead atoms. The summed E-state index contributed by atoms with van der Waals surface area (Å²) >= 11 is 0. The van der Waals surface area contributed by atoms with Gasteiger partial charge in [-0.3, -0.25) is 4.79 Å². The van der Waals surface area contributed by atoms with E-state index >= 15 is 0 Å². The van der Waals surface area contributed by atoms with E-state index in [0.29, 0.717) is 5.88 Å². The fraction of sp³-hybridized carbons (Fsp3) is 0.208. The molecule has 2 heterocycles. The highest BCUT2D eigenvalue weighted by Crippen LogP contribution is 2.27. The number of methoxy groups -OCH3 is 1. The number of carbonyl (C=O) groups is 1.